The molecule has 2 fully saturated rings. The summed E-state index contributed by atoms with van der Waals surface area (Å²) in [4.78, 5) is 12.5. The predicted octanol–water partition coefficient (Wildman–Crippen LogP) is 5.10. The molecule has 3 rings (SSSR count). The Morgan fingerprint density at radius 3 is 2.29 bits per heavy atom. The SMILES string of the molecule is CCCC1CC2CCC(C(=O)Oc3ccc(C#N)cc3)CCC2C1. The fraction of sp³-hybridized carbons (Fsp3) is 0.619. The van der Waals surface area contributed by atoms with Gasteiger partial charge >= 0.3 is 5.97 Å². The van der Waals surface area contributed by atoms with Crippen LogP contribution in [0.15, 0.2) is 24.3 Å². The van der Waals surface area contributed by atoms with Crippen molar-refractivity contribution < 1.29 is 9.53 Å². The number of hydrogen-bond acceptors (Lipinski definition) is 3. The van der Waals surface area contributed by atoms with Gasteiger partial charge < -0.3 is 4.74 Å². The summed E-state index contributed by atoms with van der Waals surface area (Å²) < 4.78 is 5.54. The maximum Gasteiger partial charge on any atom is 0.314 e. The Labute approximate surface area is 145 Å². The van der Waals surface area contributed by atoms with Crippen LogP contribution >= 0.6 is 0 Å². The summed E-state index contributed by atoms with van der Waals surface area (Å²) in [5.41, 5.74) is 0.582. The van der Waals surface area contributed by atoms with Gasteiger partial charge in [-0.1, -0.05) is 19.8 Å². The van der Waals surface area contributed by atoms with Crippen molar-refractivity contribution in [3.8, 4) is 11.8 Å². The lowest BCUT2D eigenvalue weighted by atomic mass is 9.92. The van der Waals surface area contributed by atoms with Crippen LogP contribution in [0.5, 0.6) is 5.75 Å². The summed E-state index contributed by atoms with van der Waals surface area (Å²) >= 11 is 0. The van der Waals surface area contributed by atoms with Crippen molar-refractivity contribution in [1.82, 2.24) is 0 Å². The standard InChI is InChI=1S/C21H27NO2/c1-2-3-16-12-18-8-6-17(7-9-19(18)13-16)21(23)24-20-10-4-15(14-22)5-11-20/h4-5,10-11,16-19H,2-3,6-9,12-13H2,1H3. The summed E-state index contributed by atoms with van der Waals surface area (Å²) in [6, 6.07) is 8.86. The molecule has 0 radical (unpaired) electrons. The quantitative estimate of drug-likeness (QED) is 0.572. The number of nitriles is 1. The molecule has 0 aromatic heterocycles. The fourth-order valence-corrected chi connectivity index (χ4v) is 4.70. The van der Waals surface area contributed by atoms with Gasteiger partial charge in [0.2, 0.25) is 0 Å². The molecule has 2 unspecified atom stereocenters. The van der Waals surface area contributed by atoms with E-state index < -0.39 is 0 Å². The van der Waals surface area contributed by atoms with E-state index in [1.807, 2.05) is 0 Å². The molecule has 1 aromatic rings. The largest absolute Gasteiger partial charge is 0.426 e. The van der Waals surface area contributed by atoms with Crippen molar-refractivity contribution in [2.45, 2.75) is 58.3 Å². The van der Waals surface area contributed by atoms with Gasteiger partial charge in [-0.2, -0.15) is 5.26 Å². The predicted molar refractivity (Wildman–Crippen MR) is 93.4 cm³/mol. The van der Waals surface area contributed by atoms with Crippen LogP contribution < -0.4 is 4.74 Å². The number of esters is 1. The van der Waals surface area contributed by atoms with Crippen LogP contribution in [0.1, 0.15) is 63.9 Å². The van der Waals surface area contributed by atoms with E-state index in [0.717, 1.165) is 30.6 Å². The minimum absolute atomic E-state index is 0.0378. The molecule has 0 saturated heterocycles. The number of nitrogens with zero attached hydrogens (tertiary/aromatic N) is 1. The zero-order chi connectivity index (χ0) is 16.9. The van der Waals surface area contributed by atoms with Gasteiger partial charge in [0.1, 0.15) is 5.75 Å². The molecule has 0 amide bonds. The van der Waals surface area contributed by atoms with Crippen LogP contribution in [0.2, 0.25) is 0 Å². The lowest BCUT2D eigenvalue weighted by molar-refractivity contribution is -0.139. The molecular weight excluding hydrogens is 298 g/mol. The molecule has 2 saturated carbocycles. The van der Waals surface area contributed by atoms with Crippen molar-refractivity contribution in [3.05, 3.63) is 29.8 Å². The Balaban J connectivity index is 1.53. The number of rotatable bonds is 4. The molecule has 2 aliphatic carbocycles. The van der Waals surface area contributed by atoms with E-state index in [4.69, 9.17) is 10.00 Å². The highest BCUT2D eigenvalue weighted by atomic mass is 16.5. The molecule has 0 N–H and O–H groups in total. The van der Waals surface area contributed by atoms with Crippen molar-refractivity contribution in [2.24, 2.45) is 23.7 Å². The molecule has 0 heterocycles. The zero-order valence-corrected chi connectivity index (χ0v) is 14.5. The van der Waals surface area contributed by atoms with Crippen LogP contribution in [-0.2, 0) is 4.79 Å². The molecule has 3 nitrogen and oxygen atoms in total. The van der Waals surface area contributed by atoms with Gasteiger partial charge in [0, 0.05) is 0 Å². The van der Waals surface area contributed by atoms with E-state index in [2.05, 4.69) is 13.0 Å². The maximum absolute atomic E-state index is 12.5. The number of hydrogen-bond donors (Lipinski definition) is 0. The first-order chi connectivity index (χ1) is 11.7. The second kappa shape index (κ2) is 7.83. The number of carbonyl (C=O) groups is 1. The van der Waals surface area contributed by atoms with Gasteiger partial charge in [0.05, 0.1) is 17.6 Å². The van der Waals surface area contributed by atoms with Gasteiger partial charge in [-0.05, 0) is 80.5 Å². The van der Waals surface area contributed by atoms with E-state index >= 15 is 0 Å². The summed E-state index contributed by atoms with van der Waals surface area (Å²) in [6.07, 6.45) is 9.70. The first kappa shape index (κ1) is 17.0. The van der Waals surface area contributed by atoms with Crippen LogP contribution in [-0.4, -0.2) is 5.97 Å². The van der Waals surface area contributed by atoms with Crippen molar-refractivity contribution in [2.75, 3.05) is 0 Å². The van der Waals surface area contributed by atoms with Crippen molar-refractivity contribution in [1.29, 1.82) is 5.26 Å². The molecule has 3 heteroatoms. The maximum atomic E-state index is 12.5. The minimum atomic E-state index is -0.0928. The first-order valence-electron chi connectivity index (χ1n) is 9.41. The second-order valence-corrected chi connectivity index (χ2v) is 7.56. The monoisotopic (exact) mass is 325 g/mol. The van der Waals surface area contributed by atoms with Gasteiger partial charge in [-0.3, -0.25) is 4.79 Å². The highest BCUT2D eigenvalue weighted by Crippen LogP contribution is 2.46. The molecule has 2 aliphatic rings. The Morgan fingerprint density at radius 2 is 1.75 bits per heavy atom. The third-order valence-electron chi connectivity index (χ3n) is 5.94. The Hall–Kier alpha value is -1.82. The summed E-state index contributed by atoms with van der Waals surface area (Å²) in [5.74, 6) is 3.07. The smallest absolute Gasteiger partial charge is 0.314 e. The fourth-order valence-electron chi connectivity index (χ4n) is 4.70. The third kappa shape index (κ3) is 3.98. The van der Waals surface area contributed by atoms with Crippen molar-refractivity contribution in [3.63, 3.8) is 0 Å². The molecule has 0 bridgehead atoms. The van der Waals surface area contributed by atoms with Gasteiger partial charge in [0.25, 0.3) is 0 Å². The molecule has 24 heavy (non-hydrogen) atoms. The average molecular weight is 325 g/mol. The average Bonchev–Trinajstić information content (AvgIpc) is 2.87. The Morgan fingerprint density at radius 1 is 1.12 bits per heavy atom. The molecule has 0 aliphatic heterocycles. The van der Waals surface area contributed by atoms with E-state index in [1.165, 1.54) is 38.5 Å². The van der Waals surface area contributed by atoms with Crippen LogP contribution in [0, 0.1) is 35.0 Å². The molecule has 2 atom stereocenters. The second-order valence-electron chi connectivity index (χ2n) is 7.56. The molecular formula is C21H27NO2. The number of carbonyl (C=O) groups excluding carboxylic acids is 1. The third-order valence-corrected chi connectivity index (χ3v) is 5.94. The number of ether oxygens (including phenoxy) is 1. The number of fused-ring (bicyclic) bond motifs is 1. The van der Waals surface area contributed by atoms with Gasteiger partial charge in [0.15, 0.2) is 0 Å². The van der Waals surface area contributed by atoms with Crippen molar-refractivity contribution >= 4 is 5.97 Å². The lowest BCUT2D eigenvalue weighted by Gasteiger charge is -2.14. The van der Waals surface area contributed by atoms with Crippen LogP contribution in [0.25, 0.3) is 0 Å². The zero-order valence-electron chi connectivity index (χ0n) is 14.5. The highest BCUT2D eigenvalue weighted by molar-refractivity contribution is 5.75. The van der Waals surface area contributed by atoms with Gasteiger partial charge in [-0.15, -0.1) is 0 Å². The highest BCUT2D eigenvalue weighted by Gasteiger charge is 2.37. The Bertz CT molecular complexity index is 585. The Kier molecular flexibility index (Phi) is 5.56. The topological polar surface area (TPSA) is 50.1 Å². The van der Waals surface area contributed by atoms with E-state index in [9.17, 15) is 4.79 Å². The summed E-state index contributed by atoms with van der Waals surface area (Å²) in [5, 5.41) is 8.82. The van der Waals surface area contributed by atoms with Crippen LogP contribution in [0.3, 0.4) is 0 Å². The lowest BCUT2D eigenvalue weighted by Crippen LogP contribution is -2.20. The molecule has 1 aromatic carbocycles. The van der Waals surface area contributed by atoms with Gasteiger partial charge in [-0.25, -0.2) is 0 Å². The number of benzene rings is 1. The summed E-state index contributed by atoms with van der Waals surface area (Å²) in [6.45, 7) is 2.28. The van der Waals surface area contributed by atoms with E-state index in [1.54, 1.807) is 24.3 Å². The van der Waals surface area contributed by atoms with Crippen LogP contribution in [0.4, 0.5) is 0 Å². The summed E-state index contributed by atoms with van der Waals surface area (Å²) in [7, 11) is 0. The first-order valence-corrected chi connectivity index (χ1v) is 9.41. The molecule has 0 spiro atoms. The normalized spacial score (nSPS) is 29.3. The molecule has 128 valence electrons. The minimum Gasteiger partial charge on any atom is -0.426 e. The van der Waals surface area contributed by atoms with E-state index in [-0.39, 0.29) is 11.9 Å². The van der Waals surface area contributed by atoms with E-state index in [0.29, 0.717) is 11.3 Å².